The number of hydrogen-bond donors (Lipinski definition) is 2. The molecule has 0 bridgehead atoms. The Balaban J connectivity index is 2.90. The summed E-state index contributed by atoms with van der Waals surface area (Å²) in [6, 6.07) is 4.71. The Bertz CT molecular complexity index is 537. The number of nitrogens with zero attached hydrogens (tertiary/aromatic N) is 4. The van der Waals surface area contributed by atoms with Crippen LogP contribution in [-0.2, 0) is 0 Å². The third-order valence-electron chi connectivity index (χ3n) is 2.36. The summed E-state index contributed by atoms with van der Waals surface area (Å²) < 4.78 is 5.46. The highest BCUT2D eigenvalue weighted by Gasteiger charge is 2.15. The molecule has 0 aliphatic carbocycles. The number of phenols is 1. The fourth-order valence-electron chi connectivity index (χ4n) is 1.46. The van der Waals surface area contributed by atoms with E-state index in [0.29, 0.717) is 16.6 Å². The van der Waals surface area contributed by atoms with Gasteiger partial charge in [-0.25, -0.2) is 0 Å². The molecule has 19 heavy (non-hydrogen) atoms. The number of azide groups is 1. The SMILES string of the molecule is COc1cc(C(C#N)NCCN=[N+]=[N-])cc(Br)c1O. The van der Waals surface area contributed by atoms with Gasteiger partial charge in [0, 0.05) is 18.0 Å². The summed E-state index contributed by atoms with van der Waals surface area (Å²) in [5.74, 6) is 0.262. The molecular formula is C11H12BrN5O2. The third-order valence-corrected chi connectivity index (χ3v) is 2.96. The number of methoxy groups -OCH3 is 1. The number of benzene rings is 1. The Morgan fingerprint density at radius 3 is 3.00 bits per heavy atom. The van der Waals surface area contributed by atoms with Crippen molar-refractivity contribution in [2.45, 2.75) is 6.04 Å². The van der Waals surface area contributed by atoms with Crippen molar-refractivity contribution in [2.75, 3.05) is 20.2 Å². The molecule has 100 valence electrons. The second-order valence-corrected chi connectivity index (χ2v) is 4.38. The molecule has 0 saturated heterocycles. The maximum absolute atomic E-state index is 9.69. The zero-order valence-corrected chi connectivity index (χ0v) is 11.8. The van der Waals surface area contributed by atoms with Gasteiger partial charge >= 0.3 is 0 Å². The summed E-state index contributed by atoms with van der Waals surface area (Å²) in [5.41, 5.74) is 8.80. The summed E-state index contributed by atoms with van der Waals surface area (Å²) in [5, 5.41) is 25.1. The molecule has 0 aliphatic heterocycles. The smallest absolute Gasteiger partial charge is 0.172 e. The maximum Gasteiger partial charge on any atom is 0.172 e. The van der Waals surface area contributed by atoms with E-state index in [1.807, 2.05) is 0 Å². The number of nitriles is 1. The lowest BCUT2D eigenvalue weighted by Crippen LogP contribution is -2.22. The lowest BCUT2D eigenvalue weighted by molar-refractivity contribution is 0.371. The first-order valence-corrected chi connectivity index (χ1v) is 6.13. The van der Waals surface area contributed by atoms with Crippen LogP contribution in [0.5, 0.6) is 11.5 Å². The van der Waals surface area contributed by atoms with Crippen molar-refractivity contribution >= 4 is 15.9 Å². The fourth-order valence-corrected chi connectivity index (χ4v) is 1.92. The van der Waals surface area contributed by atoms with Gasteiger partial charge < -0.3 is 9.84 Å². The maximum atomic E-state index is 9.69. The predicted octanol–water partition coefficient (Wildman–Crippen LogP) is 2.63. The second kappa shape index (κ2) is 7.48. The predicted molar refractivity (Wildman–Crippen MR) is 72.7 cm³/mol. The van der Waals surface area contributed by atoms with Crippen LogP contribution >= 0.6 is 15.9 Å². The van der Waals surface area contributed by atoms with E-state index in [0.717, 1.165) is 0 Å². The van der Waals surface area contributed by atoms with Crippen LogP contribution in [0, 0.1) is 11.3 Å². The largest absolute Gasteiger partial charge is 0.503 e. The standard InChI is InChI=1S/C11H12BrN5O2/c1-19-10-5-7(4-8(12)11(10)18)9(6-13)15-2-3-16-17-14/h4-5,9,15,18H,2-3H2,1H3. The molecule has 0 aromatic heterocycles. The van der Waals surface area contributed by atoms with E-state index in [2.05, 4.69) is 37.3 Å². The number of nitrogens with one attached hydrogen (secondary N) is 1. The molecule has 1 aromatic rings. The Kier molecular flexibility index (Phi) is 5.96. The van der Waals surface area contributed by atoms with Gasteiger partial charge in [-0.2, -0.15) is 5.26 Å². The first kappa shape index (κ1) is 15.1. The lowest BCUT2D eigenvalue weighted by atomic mass is 10.1. The first-order valence-electron chi connectivity index (χ1n) is 5.34. The molecule has 0 saturated carbocycles. The Hall–Kier alpha value is -1.94. The lowest BCUT2D eigenvalue weighted by Gasteiger charge is -2.14. The van der Waals surface area contributed by atoms with Crippen LogP contribution < -0.4 is 10.1 Å². The molecule has 1 atom stereocenters. The summed E-state index contributed by atoms with van der Waals surface area (Å²) in [6.07, 6.45) is 0. The van der Waals surface area contributed by atoms with Crippen molar-refractivity contribution in [3.63, 3.8) is 0 Å². The second-order valence-electron chi connectivity index (χ2n) is 3.52. The summed E-state index contributed by atoms with van der Waals surface area (Å²) in [4.78, 5) is 2.63. The van der Waals surface area contributed by atoms with Crippen LogP contribution in [0.3, 0.4) is 0 Å². The van der Waals surface area contributed by atoms with E-state index in [1.54, 1.807) is 12.1 Å². The van der Waals surface area contributed by atoms with E-state index >= 15 is 0 Å². The van der Waals surface area contributed by atoms with Gasteiger partial charge in [0.2, 0.25) is 0 Å². The average Bonchev–Trinajstić information content (AvgIpc) is 2.42. The molecule has 1 unspecified atom stereocenters. The van der Waals surface area contributed by atoms with Crippen molar-refractivity contribution in [3.05, 3.63) is 32.6 Å². The Labute approximate surface area is 118 Å². The fraction of sp³-hybridized carbons (Fsp3) is 0.364. The number of halogens is 1. The van der Waals surface area contributed by atoms with E-state index in [-0.39, 0.29) is 18.0 Å². The van der Waals surface area contributed by atoms with Crippen molar-refractivity contribution in [3.8, 4) is 17.6 Å². The molecule has 0 heterocycles. The number of rotatable bonds is 6. The molecular weight excluding hydrogens is 314 g/mol. The monoisotopic (exact) mass is 325 g/mol. The van der Waals surface area contributed by atoms with E-state index < -0.39 is 6.04 Å². The van der Waals surface area contributed by atoms with E-state index in [4.69, 9.17) is 15.5 Å². The van der Waals surface area contributed by atoms with Crippen molar-refractivity contribution in [2.24, 2.45) is 5.11 Å². The minimum absolute atomic E-state index is 0.0166. The van der Waals surface area contributed by atoms with Gasteiger partial charge in [-0.3, -0.25) is 5.32 Å². The summed E-state index contributed by atoms with van der Waals surface area (Å²) >= 11 is 3.19. The molecule has 0 aliphatic rings. The van der Waals surface area contributed by atoms with Crippen molar-refractivity contribution < 1.29 is 9.84 Å². The Morgan fingerprint density at radius 1 is 1.68 bits per heavy atom. The molecule has 1 aromatic carbocycles. The summed E-state index contributed by atoms with van der Waals surface area (Å²) in [7, 11) is 1.43. The number of ether oxygens (including phenoxy) is 1. The minimum Gasteiger partial charge on any atom is -0.503 e. The highest BCUT2D eigenvalue weighted by molar-refractivity contribution is 9.10. The van der Waals surface area contributed by atoms with Crippen LogP contribution in [0.2, 0.25) is 0 Å². The normalized spacial score (nSPS) is 11.2. The highest BCUT2D eigenvalue weighted by Crippen LogP contribution is 2.36. The topological polar surface area (TPSA) is 114 Å². The van der Waals surface area contributed by atoms with Crippen molar-refractivity contribution in [1.82, 2.24) is 5.32 Å². The van der Waals surface area contributed by atoms with Gasteiger partial charge in [0.1, 0.15) is 6.04 Å². The molecule has 0 amide bonds. The van der Waals surface area contributed by atoms with Gasteiger partial charge in [-0.15, -0.1) is 0 Å². The summed E-state index contributed by atoms with van der Waals surface area (Å²) in [6.45, 7) is 0.633. The van der Waals surface area contributed by atoms with Gasteiger partial charge in [-0.1, -0.05) is 5.11 Å². The van der Waals surface area contributed by atoms with E-state index in [9.17, 15) is 5.11 Å². The molecule has 1 rings (SSSR count). The molecule has 8 heteroatoms. The third kappa shape index (κ3) is 4.03. The van der Waals surface area contributed by atoms with Gasteiger partial charge in [-0.05, 0) is 39.2 Å². The quantitative estimate of drug-likeness (QED) is 0.362. The Morgan fingerprint density at radius 2 is 2.42 bits per heavy atom. The highest BCUT2D eigenvalue weighted by atomic mass is 79.9. The average molecular weight is 326 g/mol. The zero-order valence-electron chi connectivity index (χ0n) is 10.2. The molecule has 0 spiro atoms. The van der Waals surface area contributed by atoms with Gasteiger partial charge in [0.25, 0.3) is 0 Å². The van der Waals surface area contributed by atoms with Crippen LogP contribution in [0.1, 0.15) is 11.6 Å². The van der Waals surface area contributed by atoms with Crippen molar-refractivity contribution in [1.29, 1.82) is 5.26 Å². The first-order chi connectivity index (χ1) is 9.13. The number of hydrogen-bond acceptors (Lipinski definition) is 5. The zero-order chi connectivity index (χ0) is 14.3. The van der Waals surface area contributed by atoms with Crippen LogP contribution in [0.4, 0.5) is 0 Å². The van der Waals surface area contributed by atoms with Crippen LogP contribution in [0.15, 0.2) is 21.7 Å². The van der Waals surface area contributed by atoms with Gasteiger partial charge in [0.05, 0.1) is 17.7 Å². The van der Waals surface area contributed by atoms with E-state index in [1.165, 1.54) is 7.11 Å². The van der Waals surface area contributed by atoms with Crippen LogP contribution in [0.25, 0.3) is 10.4 Å². The van der Waals surface area contributed by atoms with Crippen LogP contribution in [-0.4, -0.2) is 25.3 Å². The molecule has 0 radical (unpaired) electrons. The minimum atomic E-state index is -0.584. The number of aromatic hydroxyl groups is 1. The molecule has 2 N–H and O–H groups in total. The van der Waals surface area contributed by atoms with Gasteiger partial charge in [0.15, 0.2) is 11.5 Å². The number of phenolic OH excluding ortho intramolecular Hbond substituents is 1. The molecule has 7 nitrogen and oxygen atoms in total. The molecule has 0 fully saturated rings.